The van der Waals surface area contributed by atoms with Crippen molar-refractivity contribution >= 4 is 6.03 Å². The van der Waals surface area contributed by atoms with Crippen LogP contribution in [0.5, 0.6) is 0 Å². The topological polar surface area (TPSA) is 35.6 Å². The average Bonchev–Trinajstić information content (AvgIpc) is 2.59. The predicted octanol–water partition coefficient (Wildman–Crippen LogP) is 2.99. The lowest BCUT2D eigenvalue weighted by Crippen LogP contribution is -2.52. The molecule has 0 atom stereocenters. The maximum Gasteiger partial charge on any atom is 0.317 e. The Morgan fingerprint density at radius 2 is 1.75 bits per heavy atom. The molecule has 24 heavy (non-hydrogen) atoms. The number of hydrogen-bond donors (Lipinski definition) is 1. The minimum absolute atomic E-state index is 0.0743. The van der Waals surface area contributed by atoms with Crippen molar-refractivity contribution < 1.29 is 13.6 Å². The van der Waals surface area contributed by atoms with Crippen LogP contribution < -0.4 is 5.32 Å². The number of nitrogens with zero attached hydrogens (tertiary/aromatic N) is 2. The molecule has 2 amide bonds. The van der Waals surface area contributed by atoms with Crippen molar-refractivity contribution in [1.82, 2.24) is 15.1 Å². The van der Waals surface area contributed by atoms with E-state index >= 15 is 0 Å². The number of rotatable bonds is 8. The van der Waals surface area contributed by atoms with Crippen molar-refractivity contribution in [2.45, 2.75) is 32.1 Å². The molecular weight excluding hydrogens is 312 g/mol. The van der Waals surface area contributed by atoms with Crippen LogP contribution in [0.3, 0.4) is 0 Å². The number of unbranched alkanes of at least 4 members (excludes halogenated alkanes) is 2. The maximum atomic E-state index is 12.3. The molecule has 1 saturated heterocycles. The van der Waals surface area contributed by atoms with Crippen LogP contribution in [0.15, 0.2) is 30.3 Å². The van der Waals surface area contributed by atoms with Gasteiger partial charge in [-0.25, -0.2) is 13.6 Å². The van der Waals surface area contributed by atoms with E-state index in [1.165, 1.54) is 5.56 Å². The van der Waals surface area contributed by atoms with Crippen LogP contribution in [0.25, 0.3) is 0 Å². The highest BCUT2D eigenvalue weighted by Crippen LogP contribution is 2.07. The largest absolute Gasteiger partial charge is 0.338 e. The van der Waals surface area contributed by atoms with Gasteiger partial charge in [-0.3, -0.25) is 4.90 Å². The summed E-state index contributed by atoms with van der Waals surface area (Å²) in [6, 6.07) is 10.3. The third-order valence-electron chi connectivity index (χ3n) is 4.32. The fraction of sp³-hybridized carbons (Fsp3) is 0.611. The first-order chi connectivity index (χ1) is 11.6. The van der Waals surface area contributed by atoms with Gasteiger partial charge in [0.05, 0.1) is 6.54 Å². The van der Waals surface area contributed by atoms with Gasteiger partial charge in [-0.1, -0.05) is 36.8 Å². The lowest BCUT2D eigenvalue weighted by molar-refractivity contribution is 0.0636. The summed E-state index contributed by atoms with van der Waals surface area (Å²) < 4.78 is 24.6. The van der Waals surface area contributed by atoms with Gasteiger partial charge in [-0.05, 0) is 24.8 Å². The lowest BCUT2D eigenvalue weighted by atomic mass is 10.1. The van der Waals surface area contributed by atoms with Crippen molar-refractivity contribution in [2.75, 3.05) is 39.3 Å². The molecule has 1 fully saturated rings. The zero-order chi connectivity index (χ0) is 17.2. The second-order valence-electron chi connectivity index (χ2n) is 6.21. The number of piperazine rings is 1. The van der Waals surface area contributed by atoms with E-state index < -0.39 is 6.43 Å². The van der Waals surface area contributed by atoms with Crippen molar-refractivity contribution in [1.29, 1.82) is 0 Å². The van der Waals surface area contributed by atoms with Crippen LogP contribution in [-0.4, -0.2) is 61.5 Å². The number of urea groups is 1. The number of nitrogens with one attached hydrogen (secondary N) is 1. The second kappa shape index (κ2) is 10.2. The van der Waals surface area contributed by atoms with E-state index in [0.29, 0.717) is 32.7 Å². The summed E-state index contributed by atoms with van der Waals surface area (Å²) >= 11 is 0. The van der Waals surface area contributed by atoms with Gasteiger partial charge < -0.3 is 10.2 Å². The quantitative estimate of drug-likeness (QED) is 0.739. The first-order valence-electron chi connectivity index (χ1n) is 8.72. The Balaban J connectivity index is 1.51. The molecule has 0 bridgehead atoms. The molecule has 0 spiro atoms. The molecule has 1 N–H and O–H groups in total. The van der Waals surface area contributed by atoms with Gasteiger partial charge >= 0.3 is 6.03 Å². The molecule has 0 saturated carbocycles. The summed E-state index contributed by atoms with van der Waals surface area (Å²) in [6.07, 6.45) is 1.93. The van der Waals surface area contributed by atoms with Gasteiger partial charge in [-0.15, -0.1) is 0 Å². The van der Waals surface area contributed by atoms with Crippen molar-refractivity contribution in [3.63, 3.8) is 0 Å². The fourth-order valence-corrected chi connectivity index (χ4v) is 2.91. The molecule has 2 rings (SSSR count). The van der Waals surface area contributed by atoms with Crippen LogP contribution >= 0.6 is 0 Å². The van der Waals surface area contributed by atoms with E-state index in [-0.39, 0.29) is 12.6 Å². The van der Waals surface area contributed by atoms with Crippen molar-refractivity contribution in [3.8, 4) is 0 Å². The Labute approximate surface area is 142 Å². The van der Waals surface area contributed by atoms with Gasteiger partial charge in [0.25, 0.3) is 6.43 Å². The molecule has 0 aromatic heterocycles. The number of benzene rings is 1. The summed E-state index contributed by atoms with van der Waals surface area (Å²) in [5.41, 5.74) is 1.35. The number of carbonyl (C=O) groups excluding carboxylic acids is 1. The molecular formula is C18H27F2N3O. The van der Waals surface area contributed by atoms with Crippen molar-refractivity contribution in [3.05, 3.63) is 35.9 Å². The molecule has 0 aliphatic carbocycles. The molecule has 0 unspecified atom stereocenters. The summed E-state index contributed by atoms with van der Waals surface area (Å²) in [4.78, 5) is 15.4. The first-order valence-corrected chi connectivity index (χ1v) is 8.72. The predicted molar refractivity (Wildman–Crippen MR) is 91.4 cm³/mol. The monoisotopic (exact) mass is 339 g/mol. The zero-order valence-electron chi connectivity index (χ0n) is 14.1. The smallest absolute Gasteiger partial charge is 0.317 e. The molecule has 1 aromatic carbocycles. The number of aryl methyl sites for hydroxylation is 1. The summed E-state index contributed by atoms with van der Waals surface area (Å²) in [7, 11) is 0. The molecule has 1 aliphatic heterocycles. The van der Waals surface area contributed by atoms with E-state index in [4.69, 9.17) is 0 Å². The van der Waals surface area contributed by atoms with Gasteiger partial charge in [-0.2, -0.15) is 0 Å². The highest BCUT2D eigenvalue weighted by atomic mass is 19.3. The Hall–Kier alpha value is -1.69. The Morgan fingerprint density at radius 1 is 1.04 bits per heavy atom. The van der Waals surface area contributed by atoms with E-state index in [0.717, 1.165) is 25.7 Å². The van der Waals surface area contributed by atoms with Gasteiger partial charge in [0.1, 0.15) is 0 Å². The van der Waals surface area contributed by atoms with Crippen LogP contribution in [0.4, 0.5) is 13.6 Å². The SMILES string of the molecule is O=C(NCCCCCc1ccccc1)N1CCN(CC(F)F)CC1. The molecule has 0 radical (unpaired) electrons. The second-order valence-corrected chi connectivity index (χ2v) is 6.21. The van der Waals surface area contributed by atoms with E-state index in [2.05, 4.69) is 29.6 Å². The van der Waals surface area contributed by atoms with Gasteiger partial charge in [0.2, 0.25) is 0 Å². The van der Waals surface area contributed by atoms with Crippen LogP contribution in [0.2, 0.25) is 0 Å². The van der Waals surface area contributed by atoms with Crippen LogP contribution in [-0.2, 0) is 6.42 Å². The van der Waals surface area contributed by atoms with Gasteiger partial charge in [0, 0.05) is 32.7 Å². The summed E-state index contributed by atoms with van der Waals surface area (Å²) in [5.74, 6) is 0. The Morgan fingerprint density at radius 3 is 2.42 bits per heavy atom. The fourth-order valence-electron chi connectivity index (χ4n) is 2.91. The Bertz CT molecular complexity index is 476. The number of amides is 2. The maximum absolute atomic E-state index is 12.3. The highest BCUT2D eigenvalue weighted by molar-refractivity contribution is 5.74. The van der Waals surface area contributed by atoms with Crippen molar-refractivity contribution in [2.24, 2.45) is 0 Å². The van der Waals surface area contributed by atoms with E-state index in [1.54, 1.807) is 9.80 Å². The number of hydrogen-bond acceptors (Lipinski definition) is 2. The first kappa shape index (κ1) is 18.6. The minimum atomic E-state index is -2.30. The number of halogens is 2. The molecule has 1 aliphatic rings. The van der Waals surface area contributed by atoms with E-state index in [9.17, 15) is 13.6 Å². The van der Waals surface area contributed by atoms with Gasteiger partial charge in [0.15, 0.2) is 0 Å². The molecule has 134 valence electrons. The Kier molecular flexibility index (Phi) is 7.95. The highest BCUT2D eigenvalue weighted by Gasteiger charge is 2.22. The van der Waals surface area contributed by atoms with E-state index in [1.807, 2.05) is 6.07 Å². The van der Waals surface area contributed by atoms with Crippen LogP contribution in [0, 0.1) is 0 Å². The molecule has 1 heterocycles. The third-order valence-corrected chi connectivity index (χ3v) is 4.32. The van der Waals surface area contributed by atoms with Crippen LogP contribution in [0.1, 0.15) is 24.8 Å². The molecule has 4 nitrogen and oxygen atoms in total. The normalized spacial score (nSPS) is 15.7. The lowest BCUT2D eigenvalue weighted by Gasteiger charge is -2.34. The minimum Gasteiger partial charge on any atom is -0.338 e. The summed E-state index contributed by atoms with van der Waals surface area (Å²) in [5, 5.41) is 2.93. The number of alkyl halides is 2. The molecule has 6 heteroatoms. The zero-order valence-corrected chi connectivity index (χ0v) is 14.1. The third kappa shape index (κ3) is 6.83. The summed E-state index contributed by atoms with van der Waals surface area (Å²) in [6.45, 7) is 2.56. The standard InChI is InChI=1S/C18H27F2N3O/c19-17(20)15-22-11-13-23(14-12-22)18(24)21-10-6-2-5-9-16-7-3-1-4-8-16/h1,3-4,7-8,17H,2,5-6,9-15H2,(H,21,24). The average molecular weight is 339 g/mol. The molecule has 1 aromatic rings. The number of carbonyl (C=O) groups is 1.